The summed E-state index contributed by atoms with van der Waals surface area (Å²) in [5.74, 6) is 1.61. The van der Waals surface area contributed by atoms with Gasteiger partial charge < -0.3 is 5.11 Å². The number of rotatable bonds is 2. The zero-order valence-electron chi connectivity index (χ0n) is 7.84. The Kier molecular flexibility index (Phi) is 1.80. The van der Waals surface area contributed by atoms with Crippen molar-refractivity contribution in [1.29, 1.82) is 0 Å². The van der Waals surface area contributed by atoms with Crippen molar-refractivity contribution in [1.82, 2.24) is 0 Å². The molecule has 3 atom stereocenters. The predicted octanol–water partition coefficient (Wildman–Crippen LogP) is 2.36. The third-order valence-electron chi connectivity index (χ3n) is 4.19. The maximum atomic E-state index is 9.00. The Morgan fingerprint density at radius 3 is 2.83 bits per heavy atom. The summed E-state index contributed by atoms with van der Waals surface area (Å²) in [4.78, 5) is 0. The Labute approximate surface area is 74.5 Å². The zero-order valence-corrected chi connectivity index (χ0v) is 7.84. The summed E-state index contributed by atoms with van der Waals surface area (Å²) in [5, 5.41) is 9.00. The van der Waals surface area contributed by atoms with Crippen LogP contribution in [0.1, 0.15) is 32.6 Å². The van der Waals surface area contributed by atoms with Crippen LogP contribution in [0, 0.1) is 17.3 Å². The SMILES string of the molecule is C=C1C2CCC(C2)C1(C)CCO. The van der Waals surface area contributed by atoms with Crippen molar-refractivity contribution in [3.63, 3.8) is 0 Å². The van der Waals surface area contributed by atoms with Gasteiger partial charge in [0.05, 0.1) is 0 Å². The summed E-state index contributed by atoms with van der Waals surface area (Å²) in [6, 6.07) is 0. The second-order valence-electron chi connectivity index (χ2n) is 4.62. The summed E-state index contributed by atoms with van der Waals surface area (Å²) in [6.45, 7) is 6.80. The van der Waals surface area contributed by atoms with Crippen LogP contribution in [0.25, 0.3) is 0 Å². The molecule has 1 nitrogen and oxygen atoms in total. The first-order valence-electron chi connectivity index (χ1n) is 4.98. The maximum Gasteiger partial charge on any atom is 0.0439 e. The smallest absolute Gasteiger partial charge is 0.0439 e. The maximum absolute atomic E-state index is 9.00. The average Bonchev–Trinajstić information content (AvgIpc) is 2.57. The third-order valence-corrected chi connectivity index (χ3v) is 4.19. The molecule has 0 aromatic rings. The number of fused-ring (bicyclic) bond motifs is 2. The Bertz CT molecular complexity index is 209. The van der Waals surface area contributed by atoms with Crippen molar-refractivity contribution >= 4 is 0 Å². The summed E-state index contributed by atoms with van der Waals surface area (Å²) in [7, 11) is 0. The highest BCUT2D eigenvalue weighted by Crippen LogP contribution is 2.59. The number of aliphatic hydroxyl groups excluding tert-OH is 1. The molecule has 2 rings (SSSR count). The normalized spacial score (nSPS) is 45.7. The molecule has 0 aliphatic heterocycles. The molecule has 12 heavy (non-hydrogen) atoms. The summed E-state index contributed by atoms with van der Waals surface area (Å²) in [6.07, 6.45) is 4.98. The van der Waals surface area contributed by atoms with E-state index in [9.17, 15) is 0 Å². The van der Waals surface area contributed by atoms with Gasteiger partial charge in [0.25, 0.3) is 0 Å². The van der Waals surface area contributed by atoms with Gasteiger partial charge in [0.15, 0.2) is 0 Å². The Balaban J connectivity index is 2.20. The molecular formula is C11H18O. The minimum Gasteiger partial charge on any atom is -0.396 e. The Morgan fingerprint density at radius 1 is 1.58 bits per heavy atom. The monoisotopic (exact) mass is 166 g/mol. The molecule has 2 aliphatic carbocycles. The standard InChI is InChI=1S/C11H18O/c1-8-9-3-4-10(7-9)11(8,2)5-6-12/h9-10,12H,1,3-7H2,2H3. The van der Waals surface area contributed by atoms with Crippen molar-refractivity contribution in [2.75, 3.05) is 6.61 Å². The first kappa shape index (κ1) is 8.31. The minimum atomic E-state index is 0.275. The second kappa shape index (κ2) is 2.59. The van der Waals surface area contributed by atoms with Crippen molar-refractivity contribution in [2.45, 2.75) is 32.6 Å². The molecule has 2 fully saturated rings. The first-order valence-corrected chi connectivity index (χ1v) is 4.98. The van der Waals surface area contributed by atoms with Gasteiger partial charge >= 0.3 is 0 Å². The highest BCUT2D eigenvalue weighted by Gasteiger charge is 2.49. The largest absolute Gasteiger partial charge is 0.396 e. The van der Waals surface area contributed by atoms with Gasteiger partial charge in [-0.25, -0.2) is 0 Å². The average molecular weight is 166 g/mol. The van der Waals surface area contributed by atoms with E-state index >= 15 is 0 Å². The minimum absolute atomic E-state index is 0.275. The molecular weight excluding hydrogens is 148 g/mol. The molecule has 68 valence electrons. The Hall–Kier alpha value is -0.300. The van der Waals surface area contributed by atoms with Crippen LogP contribution in [0.15, 0.2) is 12.2 Å². The molecule has 0 saturated heterocycles. The van der Waals surface area contributed by atoms with Crippen molar-refractivity contribution in [3.05, 3.63) is 12.2 Å². The van der Waals surface area contributed by atoms with Crippen LogP contribution in [0.5, 0.6) is 0 Å². The molecule has 3 unspecified atom stereocenters. The fourth-order valence-electron chi connectivity index (χ4n) is 3.20. The molecule has 2 saturated carbocycles. The van der Waals surface area contributed by atoms with E-state index in [4.69, 9.17) is 5.11 Å². The molecule has 0 radical (unpaired) electrons. The van der Waals surface area contributed by atoms with Crippen LogP contribution in [-0.4, -0.2) is 11.7 Å². The lowest BCUT2D eigenvalue weighted by Crippen LogP contribution is -2.27. The van der Waals surface area contributed by atoms with Crippen LogP contribution in [-0.2, 0) is 0 Å². The van der Waals surface area contributed by atoms with Crippen LogP contribution in [0.2, 0.25) is 0 Å². The van der Waals surface area contributed by atoms with Gasteiger partial charge in [0, 0.05) is 6.61 Å². The summed E-state index contributed by atoms with van der Waals surface area (Å²) < 4.78 is 0. The molecule has 0 aromatic carbocycles. The van der Waals surface area contributed by atoms with E-state index in [0.717, 1.165) is 18.3 Å². The fraction of sp³-hybridized carbons (Fsp3) is 0.818. The van der Waals surface area contributed by atoms with E-state index in [1.54, 1.807) is 0 Å². The van der Waals surface area contributed by atoms with Gasteiger partial charge in [-0.05, 0) is 42.9 Å². The number of aliphatic hydroxyl groups is 1. The molecule has 0 amide bonds. The van der Waals surface area contributed by atoms with E-state index in [1.807, 2.05) is 0 Å². The summed E-state index contributed by atoms with van der Waals surface area (Å²) in [5.41, 5.74) is 1.70. The molecule has 0 aromatic heterocycles. The lowest BCUT2D eigenvalue weighted by molar-refractivity contribution is 0.173. The fourth-order valence-corrected chi connectivity index (χ4v) is 3.20. The van der Waals surface area contributed by atoms with Crippen LogP contribution in [0.3, 0.4) is 0 Å². The van der Waals surface area contributed by atoms with Gasteiger partial charge in [0.1, 0.15) is 0 Å². The quantitative estimate of drug-likeness (QED) is 0.624. The summed E-state index contributed by atoms with van der Waals surface area (Å²) >= 11 is 0. The first-order chi connectivity index (χ1) is 5.68. The molecule has 2 bridgehead atoms. The molecule has 2 aliphatic rings. The van der Waals surface area contributed by atoms with Crippen molar-refractivity contribution in [2.24, 2.45) is 17.3 Å². The van der Waals surface area contributed by atoms with Crippen molar-refractivity contribution in [3.8, 4) is 0 Å². The molecule has 1 heteroatoms. The number of hydrogen-bond donors (Lipinski definition) is 1. The van der Waals surface area contributed by atoms with Crippen LogP contribution < -0.4 is 0 Å². The van der Waals surface area contributed by atoms with Crippen LogP contribution >= 0.6 is 0 Å². The van der Waals surface area contributed by atoms with Crippen molar-refractivity contribution < 1.29 is 5.11 Å². The van der Waals surface area contributed by atoms with Gasteiger partial charge in [-0.3, -0.25) is 0 Å². The highest BCUT2D eigenvalue weighted by atomic mass is 16.3. The second-order valence-corrected chi connectivity index (χ2v) is 4.62. The number of allylic oxidation sites excluding steroid dienone is 1. The number of hydrogen-bond acceptors (Lipinski definition) is 1. The topological polar surface area (TPSA) is 20.2 Å². The predicted molar refractivity (Wildman–Crippen MR) is 49.8 cm³/mol. The van der Waals surface area contributed by atoms with E-state index in [2.05, 4.69) is 13.5 Å². The van der Waals surface area contributed by atoms with Gasteiger partial charge in [-0.2, -0.15) is 0 Å². The Morgan fingerprint density at radius 2 is 2.33 bits per heavy atom. The van der Waals surface area contributed by atoms with Gasteiger partial charge in [-0.15, -0.1) is 0 Å². The molecule has 0 heterocycles. The zero-order chi connectivity index (χ0) is 8.77. The third kappa shape index (κ3) is 0.891. The van der Waals surface area contributed by atoms with Crippen LogP contribution in [0.4, 0.5) is 0 Å². The van der Waals surface area contributed by atoms with Gasteiger partial charge in [-0.1, -0.05) is 19.1 Å². The highest BCUT2D eigenvalue weighted by molar-refractivity contribution is 5.24. The van der Waals surface area contributed by atoms with E-state index < -0.39 is 0 Å². The van der Waals surface area contributed by atoms with E-state index in [1.165, 1.54) is 24.8 Å². The lowest BCUT2D eigenvalue weighted by Gasteiger charge is -2.35. The molecule has 0 spiro atoms. The van der Waals surface area contributed by atoms with Gasteiger partial charge in [0.2, 0.25) is 0 Å². The molecule has 1 N–H and O–H groups in total. The van der Waals surface area contributed by atoms with E-state index in [0.29, 0.717) is 6.61 Å². The van der Waals surface area contributed by atoms with E-state index in [-0.39, 0.29) is 5.41 Å². The lowest BCUT2D eigenvalue weighted by atomic mass is 9.70.